The second-order valence-electron chi connectivity index (χ2n) is 14.2. The van der Waals surface area contributed by atoms with Crippen molar-refractivity contribution in [2.24, 2.45) is 0 Å². The summed E-state index contributed by atoms with van der Waals surface area (Å²) in [5.74, 6) is -6.71. The predicted molar refractivity (Wildman–Crippen MR) is 184 cm³/mol. The van der Waals surface area contributed by atoms with E-state index in [2.05, 4.69) is 0 Å². The molecule has 0 amide bonds. The summed E-state index contributed by atoms with van der Waals surface area (Å²) in [7, 11) is -5.09. The van der Waals surface area contributed by atoms with Gasteiger partial charge in [-0.15, -0.1) is 0 Å². The molecule has 0 fully saturated rings. The van der Waals surface area contributed by atoms with Crippen molar-refractivity contribution in [3.8, 4) is 0 Å². The molecule has 0 spiro atoms. The molecule has 0 heterocycles. The predicted octanol–water partition coefficient (Wildman–Crippen LogP) is 10.3. The van der Waals surface area contributed by atoms with E-state index in [-0.39, 0.29) is 18.6 Å². The molecule has 266 valence electrons. The highest BCUT2D eigenvalue weighted by molar-refractivity contribution is 7.54. The zero-order valence-corrected chi connectivity index (χ0v) is 29.6. The molecule has 0 aliphatic heterocycles. The first-order valence-corrected chi connectivity index (χ1v) is 17.5. The van der Waals surface area contributed by atoms with Gasteiger partial charge in [0.25, 0.3) is 0 Å². The molecule has 50 heavy (non-hydrogen) atoms. The minimum Gasteiger partial charge on any atom is -0.477 e. The Kier molecular flexibility index (Phi) is 11.0. The zero-order valence-electron chi connectivity index (χ0n) is 28.8. The van der Waals surface area contributed by atoms with E-state index in [0.29, 0.717) is 22.3 Å². The molecule has 4 rings (SSSR count). The van der Waals surface area contributed by atoms with Gasteiger partial charge in [-0.2, -0.15) is 17.6 Å². The van der Waals surface area contributed by atoms with E-state index < -0.39 is 52.9 Å². The van der Waals surface area contributed by atoms with Gasteiger partial charge in [0.2, 0.25) is 0 Å². The Morgan fingerprint density at radius 2 is 1.00 bits per heavy atom. The number of ketones is 1. The minimum atomic E-state index is -5.09. The molecule has 6 nitrogen and oxygen atoms in total. The van der Waals surface area contributed by atoms with Gasteiger partial charge in [-0.05, 0) is 71.1 Å². The number of hydrogen-bond donors (Lipinski definition) is 1. The first kappa shape index (κ1) is 38.7. The lowest BCUT2D eigenvalue weighted by Gasteiger charge is -2.36. The fraction of sp³-hybridized carbons (Fsp3) is 0.333. The molecule has 1 atom stereocenters. The summed E-state index contributed by atoms with van der Waals surface area (Å²) < 4.78 is 85.5. The lowest BCUT2D eigenvalue weighted by Crippen LogP contribution is -2.40. The van der Waals surface area contributed by atoms with Crippen LogP contribution in [0.2, 0.25) is 0 Å². The van der Waals surface area contributed by atoms with Crippen molar-refractivity contribution in [3.05, 3.63) is 143 Å². The van der Waals surface area contributed by atoms with Crippen LogP contribution in [0.25, 0.3) is 0 Å². The van der Waals surface area contributed by atoms with Crippen LogP contribution in [-0.2, 0) is 48.2 Å². The fourth-order valence-corrected chi connectivity index (χ4v) is 7.84. The van der Waals surface area contributed by atoms with Crippen LogP contribution >= 0.6 is 7.60 Å². The van der Waals surface area contributed by atoms with Crippen molar-refractivity contribution in [1.82, 2.24) is 0 Å². The maximum absolute atomic E-state index is 16.1. The molecule has 11 heteroatoms. The molecule has 0 saturated carbocycles. The van der Waals surface area contributed by atoms with Crippen molar-refractivity contribution in [2.45, 2.75) is 82.6 Å². The van der Waals surface area contributed by atoms with Gasteiger partial charge in [-0.25, -0.2) is 4.79 Å². The van der Waals surface area contributed by atoms with Gasteiger partial charge < -0.3 is 5.11 Å². The lowest BCUT2D eigenvalue weighted by atomic mass is 9.67. The number of carbonyl (C=O) groups excluding carboxylic acids is 1. The molecule has 0 bridgehead atoms. The van der Waals surface area contributed by atoms with Gasteiger partial charge in [-0.3, -0.25) is 18.4 Å². The maximum Gasteiger partial charge on any atom is 0.405 e. The third kappa shape index (κ3) is 8.60. The smallest absolute Gasteiger partial charge is 0.405 e. The van der Waals surface area contributed by atoms with Crippen LogP contribution < -0.4 is 0 Å². The monoisotopic (exact) mass is 712 g/mol. The molecule has 0 aromatic heterocycles. The highest BCUT2D eigenvalue weighted by Gasteiger charge is 2.58. The van der Waals surface area contributed by atoms with Crippen LogP contribution in [0.4, 0.5) is 17.6 Å². The summed E-state index contributed by atoms with van der Waals surface area (Å²) in [4.78, 5) is 25.8. The quantitative estimate of drug-likeness (QED) is 0.0843. The van der Waals surface area contributed by atoms with Gasteiger partial charge >= 0.3 is 25.2 Å². The Morgan fingerprint density at radius 1 is 0.600 bits per heavy atom. The minimum absolute atomic E-state index is 0.00171. The Bertz CT molecular complexity index is 1810. The number of alkyl halides is 4. The van der Waals surface area contributed by atoms with E-state index in [9.17, 15) is 22.9 Å². The Balaban J connectivity index is 1.83. The molecule has 4 aromatic carbocycles. The van der Waals surface area contributed by atoms with Crippen molar-refractivity contribution in [2.75, 3.05) is 0 Å². The first-order valence-electron chi connectivity index (χ1n) is 15.9. The summed E-state index contributed by atoms with van der Waals surface area (Å²) in [6.07, 6.45) is -0.00606. The standard InChI is InChI=1S/C39H41F4O6P/c1-35(2,3)48-50(47,49-36(4,5)6)39(42,43)32-23-19-28(20-24-32)26-37(30-15-11-8-12-16-30,33(44)29-13-9-7-10-14-29)25-27-17-21-31(22-18-27)38(40,41)34(45)46/h7-24H,25-26H2,1-6H3,(H,45,46). The van der Waals surface area contributed by atoms with Crippen LogP contribution in [0.5, 0.6) is 0 Å². The second kappa shape index (κ2) is 14.3. The summed E-state index contributed by atoms with van der Waals surface area (Å²) in [6.45, 7) is 9.02. The number of carboxylic acid groups (broad SMARTS) is 1. The molecule has 0 aliphatic carbocycles. The van der Waals surface area contributed by atoms with Gasteiger partial charge in [0.15, 0.2) is 5.78 Å². The van der Waals surface area contributed by atoms with Crippen LogP contribution in [0.3, 0.4) is 0 Å². The average Bonchev–Trinajstić information content (AvgIpc) is 3.03. The van der Waals surface area contributed by atoms with Crippen LogP contribution in [0.15, 0.2) is 109 Å². The normalized spacial score (nSPS) is 14.2. The largest absolute Gasteiger partial charge is 0.477 e. The summed E-state index contributed by atoms with van der Waals surface area (Å²) in [5, 5.41) is 9.00. The van der Waals surface area contributed by atoms with Crippen LogP contribution in [0, 0.1) is 0 Å². The van der Waals surface area contributed by atoms with Gasteiger partial charge in [0, 0.05) is 16.7 Å². The molecule has 4 aromatic rings. The Labute approximate surface area is 290 Å². The molecule has 1 N–H and O–H groups in total. The Hall–Kier alpha value is -4.11. The highest BCUT2D eigenvalue weighted by Crippen LogP contribution is 2.69. The third-order valence-electron chi connectivity index (χ3n) is 7.83. The fourth-order valence-electron chi connectivity index (χ4n) is 5.67. The maximum atomic E-state index is 16.1. The molecule has 0 saturated heterocycles. The van der Waals surface area contributed by atoms with E-state index in [4.69, 9.17) is 14.2 Å². The van der Waals surface area contributed by atoms with E-state index in [1.165, 1.54) is 65.8 Å². The number of halogens is 4. The van der Waals surface area contributed by atoms with Gasteiger partial charge in [-0.1, -0.05) is 109 Å². The summed E-state index contributed by atoms with van der Waals surface area (Å²) in [6, 6.07) is 27.1. The van der Waals surface area contributed by atoms with Crippen molar-refractivity contribution in [3.63, 3.8) is 0 Å². The average molecular weight is 713 g/mol. The third-order valence-corrected chi connectivity index (χ3v) is 10.3. The van der Waals surface area contributed by atoms with E-state index in [1.54, 1.807) is 60.7 Å². The van der Waals surface area contributed by atoms with Gasteiger partial charge in [0.1, 0.15) is 0 Å². The number of rotatable bonds is 13. The van der Waals surface area contributed by atoms with Gasteiger partial charge in [0.05, 0.1) is 16.6 Å². The zero-order chi connectivity index (χ0) is 37.2. The highest BCUT2D eigenvalue weighted by atomic mass is 31.2. The number of carbonyl (C=O) groups is 2. The lowest BCUT2D eigenvalue weighted by molar-refractivity contribution is -0.166. The number of hydrogen-bond acceptors (Lipinski definition) is 5. The van der Waals surface area contributed by atoms with E-state index >= 15 is 8.78 Å². The second-order valence-corrected chi connectivity index (χ2v) is 16.1. The van der Waals surface area contributed by atoms with E-state index in [0.717, 1.165) is 24.3 Å². The number of aliphatic carboxylic acids is 1. The van der Waals surface area contributed by atoms with E-state index in [1.807, 2.05) is 0 Å². The Morgan fingerprint density at radius 3 is 1.40 bits per heavy atom. The van der Waals surface area contributed by atoms with Crippen molar-refractivity contribution in [1.29, 1.82) is 0 Å². The molecular weight excluding hydrogens is 671 g/mol. The first-order chi connectivity index (χ1) is 23.1. The van der Waals surface area contributed by atoms with Crippen LogP contribution in [0.1, 0.15) is 79.7 Å². The summed E-state index contributed by atoms with van der Waals surface area (Å²) in [5.41, 5.74) is -7.27. The number of Topliss-reactive ketones (excluding diaryl/α,β-unsaturated/α-hetero) is 1. The van der Waals surface area contributed by atoms with Crippen LogP contribution in [-0.4, -0.2) is 28.1 Å². The topological polar surface area (TPSA) is 89.9 Å². The van der Waals surface area contributed by atoms with Crippen molar-refractivity contribution >= 4 is 19.3 Å². The number of benzene rings is 4. The molecule has 1 unspecified atom stereocenters. The summed E-state index contributed by atoms with van der Waals surface area (Å²) >= 11 is 0. The number of carboxylic acids is 1. The molecular formula is C39H41F4O6P. The molecule has 0 radical (unpaired) electrons. The SMILES string of the molecule is CC(C)(C)OP(=O)(OC(C)(C)C)C(F)(F)c1ccc(CC(Cc2ccc(C(F)(F)C(=O)O)cc2)(C(=O)c2ccccc2)c2ccccc2)cc1. The molecule has 0 aliphatic rings. The van der Waals surface area contributed by atoms with Crippen molar-refractivity contribution < 1.29 is 45.9 Å².